The molecule has 2 unspecified atom stereocenters. The molecule has 0 heterocycles. The predicted octanol–water partition coefficient (Wildman–Crippen LogP) is 0.853. The van der Waals surface area contributed by atoms with Gasteiger partial charge in [-0.05, 0) is 32.0 Å². The molecule has 0 saturated heterocycles. The first-order valence-electron chi connectivity index (χ1n) is 7.41. The number of halogens is 1. The fourth-order valence-corrected chi connectivity index (χ4v) is 3.27. The molecule has 1 rings (SSSR count). The number of likely N-dealkylation sites (N-methyl/N-ethyl adjacent to an activating group) is 1. The van der Waals surface area contributed by atoms with Crippen molar-refractivity contribution in [1.29, 1.82) is 0 Å². The Morgan fingerprint density at radius 1 is 1.22 bits per heavy atom. The lowest BCUT2D eigenvalue weighted by molar-refractivity contribution is -0.123. The zero-order chi connectivity index (χ0) is 17.6. The molecule has 0 radical (unpaired) electrons. The van der Waals surface area contributed by atoms with Gasteiger partial charge in [0.15, 0.2) is 0 Å². The Kier molecular flexibility index (Phi) is 7.11. The predicted molar refractivity (Wildman–Crippen MR) is 86.9 cm³/mol. The first kappa shape index (κ1) is 19.5. The third kappa shape index (κ3) is 5.56. The highest BCUT2D eigenvalue weighted by molar-refractivity contribution is 7.89. The van der Waals surface area contributed by atoms with Crippen LogP contribution in [0.3, 0.4) is 0 Å². The van der Waals surface area contributed by atoms with Crippen LogP contribution in [0.5, 0.6) is 0 Å². The highest BCUT2D eigenvalue weighted by atomic mass is 32.2. The second-order valence-corrected chi connectivity index (χ2v) is 7.39. The van der Waals surface area contributed by atoms with Gasteiger partial charge < -0.3 is 10.6 Å². The van der Waals surface area contributed by atoms with Gasteiger partial charge in [0.25, 0.3) is 0 Å². The maximum absolute atomic E-state index is 13.7. The van der Waals surface area contributed by atoms with Crippen LogP contribution in [0.4, 0.5) is 4.39 Å². The summed E-state index contributed by atoms with van der Waals surface area (Å²) in [5.74, 6) is -1.59. The molecule has 0 fully saturated rings. The Balaban J connectivity index is 2.91. The highest BCUT2D eigenvalue weighted by Crippen LogP contribution is 2.15. The van der Waals surface area contributed by atoms with Gasteiger partial charge in [-0.15, -0.1) is 0 Å². The molecule has 1 amide bonds. The van der Waals surface area contributed by atoms with Crippen LogP contribution in [0.25, 0.3) is 0 Å². The summed E-state index contributed by atoms with van der Waals surface area (Å²) in [6, 6.07) is 4.12. The van der Waals surface area contributed by atoms with E-state index < -0.39 is 32.7 Å². The standard InChI is InChI=1S/C15H24FN3O3S/c1-10(2)14(15(20)18-9-11(3)17-4)19-23(21,22)13-8-6-5-7-12(13)16/h5-8,10-11,14,17,19H,9H2,1-4H3,(H,18,20). The largest absolute Gasteiger partial charge is 0.353 e. The summed E-state index contributed by atoms with van der Waals surface area (Å²) in [7, 11) is -2.36. The molecule has 0 spiro atoms. The van der Waals surface area contributed by atoms with Crippen LogP contribution in [0.1, 0.15) is 20.8 Å². The van der Waals surface area contributed by atoms with E-state index in [4.69, 9.17) is 0 Å². The molecule has 0 aliphatic rings. The molecular formula is C15H24FN3O3S. The molecule has 6 nitrogen and oxygen atoms in total. The smallest absolute Gasteiger partial charge is 0.244 e. The van der Waals surface area contributed by atoms with Crippen LogP contribution in [-0.4, -0.2) is 40.0 Å². The summed E-state index contributed by atoms with van der Waals surface area (Å²) in [6.07, 6.45) is 0. The van der Waals surface area contributed by atoms with E-state index in [1.165, 1.54) is 12.1 Å². The molecule has 1 aromatic carbocycles. The number of amides is 1. The molecule has 0 aliphatic carbocycles. The van der Waals surface area contributed by atoms with Gasteiger partial charge in [0.1, 0.15) is 16.8 Å². The molecule has 2 atom stereocenters. The molecule has 0 aliphatic heterocycles. The topological polar surface area (TPSA) is 87.3 Å². The summed E-state index contributed by atoms with van der Waals surface area (Å²) in [4.78, 5) is 11.8. The van der Waals surface area contributed by atoms with Crippen molar-refractivity contribution in [2.75, 3.05) is 13.6 Å². The van der Waals surface area contributed by atoms with E-state index in [1.54, 1.807) is 20.9 Å². The van der Waals surface area contributed by atoms with Crippen molar-refractivity contribution in [1.82, 2.24) is 15.4 Å². The van der Waals surface area contributed by atoms with Gasteiger partial charge in [-0.25, -0.2) is 12.8 Å². The van der Waals surface area contributed by atoms with Gasteiger partial charge in [0.05, 0.1) is 0 Å². The van der Waals surface area contributed by atoms with Crippen molar-refractivity contribution >= 4 is 15.9 Å². The SMILES string of the molecule is CNC(C)CNC(=O)C(NS(=O)(=O)c1ccccc1F)C(C)C. The average Bonchev–Trinajstić information content (AvgIpc) is 2.49. The van der Waals surface area contributed by atoms with Crippen LogP contribution in [0.2, 0.25) is 0 Å². The zero-order valence-corrected chi connectivity index (χ0v) is 14.6. The van der Waals surface area contributed by atoms with E-state index >= 15 is 0 Å². The fourth-order valence-electron chi connectivity index (χ4n) is 1.85. The quantitative estimate of drug-likeness (QED) is 0.652. The van der Waals surface area contributed by atoms with Gasteiger partial charge in [0, 0.05) is 12.6 Å². The maximum Gasteiger partial charge on any atom is 0.244 e. The van der Waals surface area contributed by atoms with Crippen LogP contribution in [-0.2, 0) is 14.8 Å². The van der Waals surface area contributed by atoms with Gasteiger partial charge in [-0.2, -0.15) is 4.72 Å². The average molecular weight is 345 g/mol. The molecule has 3 N–H and O–H groups in total. The molecule has 1 aromatic rings. The Bertz CT molecular complexity index is 635. The summed E-state index contributed by atoms with van der Waals surface area (Å²) in [6.45, 7) is 5.68. The van der Waals surface area contributed by atoms with Crippen LogP contribution in [0.15, 0.2) is 29.2 Å². The molecule has 8 heteroatoms. The van der Waals surface area contributed by atoms with E-state index in [-0.39, 0.29) is 12.0 Å². The Morgan fingerprint density at radius 3 is 2.35 bits per heavy atom. The molecule has 0 aromatic heterocycles. The van der Waals surface area contributed by atoms with E-state index in [9.17, 15) is 17.6 Å². The third-order valence-electron chi connectivity index (χ3n) is 3.43. The Morgan fingerprint density at radius 2 is 1.83 bits per heavy atom. The van der Waals surface area contributed by atoms with Crippen molar-refractivity contribution in [3.63, 3.8) is 0 Å². The first-order valence-corrected chi connectivity index (χ1v) is 8.89. The van der Waals surface area contributed by atoms with E-state index in [0.29, 0.717) is 6.54 Å². The molecule has 0 saturated carbocycles. The lowest BCUT2D eigenvalue weighted by Gasteiger charge is -2.22. The first-order chi connectivity index (χ1) is 10.7. The summed E-state index contributed by atoms with van der Waals surface area (Å²) in [5.41, 5.74) is 0. The van der Waals surface area contributed by atoms with Crippen LogP contribution in [0, 0.1) is 11.7 Å². The number of rotatable bonds is 8. The van der Waals surface area contributed by atoms with Crippen molar-refractivity contribution in [2.24, 2.45) is 5.92 Å². The molecule has 0 bridgehead atoms. The van der Waals surface area contributed by atoms with Crippen LogP contribution < -0.4 is 15.4 Å². The highest BCUT2D eigenvalue weighted by Gasteiger charge is 2.29. The maximum atomic E-state index is 13.7. The number of benzene rings is 1. The molecular weight excluding hydrogens is 321 g/mol. The monoisotopic (exact) mass is 345 g/mol. The van der Waals surface area contributed by atoms with Gasteiger partial charge >= 0.3 is 0 Å². The zero-order valence-electron chi connectivity index (χ0n) is 13.8. The van der Waals surface area contributed by atoms with Crippen molar-refractivity contribution in [3.05, 3.63) is 30.1 Å². The summed E-state index contributed by atoms with van der Waals surface area (Å²) >= 11 is 0. The number of hydrogen-bond acceptors (Lipinski definition) is 4. The lowest BCUT2D eigenvalue weighted by atomic mass is 10.1. The number of hydrogen-bond donors (Lipinski definition) is 3. The number of carbonyl (C=O) groups is 1. The van der Waals surface area contributed by atoms with E-state index in [1.807, 2.05) is 6.92 Å². The van der Waals surface area contributed by atoms with Gasteiger partial charge in [-0.1, -0.05) is 26.0 Å². The van der Waals surface area contributed by atoms with Crippen molar-refractivity contribution in [2.45, 2.75) is 37.8 Å². The lowest BCUT2D eigenvalue weighted by Crippen LogP contribution is -2.51. The normalized spacial score (nSPS) is 14.5. The number of nitrogens with one attached hydrogen (secondary N) is 3. The van der Waals surface area contributed by atoms with Crippen molar-refractivity contribution in [3.8, 4) is 0 Å². The Hall–Kier alpha value is -1.51. The molecule has 130 valence electrons. The van der Waals surface area contributed by atoms with E-state index in [2.05, 4.69) is 15.4 Å². The summed E-state index contributed by atoms with van der Waals surface area (Å²) < 4.78 is 40.6. The fraction of sp³-hybridized carbons (Fsp3) is 0.533. The number of sulfonamides is 1. The third-order valence-corrected chi connectivity index (χ3v) is 4.91. The second-order valence-electron chi connectivity index (χ2n) is 5.71. The minimum absolute atomic E-state index is 0.0509. The Labute approximate surface area is 136 Å². The van der Waals surface area contributed by atoms with Gasteiger partial charge in [0.2, 0.25) is 15.9 Å². The van der Waals surface area contributed by atoms with E-state index in [0.717, 1.165) is 12.1 Å². The van der Waals surface area contributed by atoms with Crippen LogP contribution >= 0.6 is 0 Å². The van der Waals surface area contributed by atoms with Gasteiger partial charge in [-0.3, -0.25) is 4.79 Å². The number of carbonyl (C=O) groups excluding carboxylic acids is 1. The molecule has 23 heavy (non-hydrogen) atoms. The summed E-state index contributed by atoms with van der Waals surface area (Å²) in [5, 5.41) is 5.65. The minimum Gasteiger partial charge on any atom is -0.353 e. The minimum atomic E-state index is -4.13. The van der Waals surface area contributed by atoms with Crippen molar-refractivity contribution < 1.29 is 17.6 Å². The second kappa shape index (κ2) is 8.37.